The number of rotatable bonds is 3. The number of nitrogens with one attached hydrogen (secondary N) is 1. The minimum absolute atomic E-state index is 0.207. The number of amides is 1. The van der Waals surface area contributed by atoms with Gasteiger partial charge in [-0.1, -0.05) is 30.1 Å². The maximum Gasteiger partial charge on any atom is 0.259 e. The molecule has 2 aromatic rings. The Kier molecular flexibility index (Phi) is 4.98. The number of aliphatic hydroxyl groups excluding tert-OH is 1. The van der Waals surface area contributed by atoms with Crippen LogP contribution in [0.5, 0.6) is 0 Å². The molecule has 0 aliphatic carbocycles. The molecular formula is C14H14N4O2S. The lowest BCUT2D eigenvalue weighted by atomic mass is 10.1. The van der Waals surface area contributed by atoms with Gasteiger partial charge in [0.15, 0.2) is 5.13 Å². The predicted molar refractivity (Wildman–Crippen MR) is 80.2 cm³/mol. The van der Waals surface area contributed by atoms with E-state index < -0.39 is 0 Å². The molecule has 0 atom stereocenters. The third-order valence-corrected chi connectivity index (χ3v) is 3.42. The lowest BCUT2D eigenvalue weighted by Gasteiger charge is -2.06. The highest BCUT2D eigenvalue weighted by Gasteiger charge is 2.14. The van der Waals surface area contributed by atoms with E-state index in [-0.39, 0.29) is 12.5 Å². The zero-order valence-corrected chi connectivity index (χ0v) is 12.5. The minimum Gasteiger partial charge on any atom is -0.384 e. The number of carbonyl (C=O) groups is 1. The molecule has 1 amide bonds. The highest BCUT2D eigenvalue weighted by atomic mass is 32.1. The summed E-state index contributed by atoms with van der Waals surface area (Å²) in [5.41, 5.74) is 1.84. The van der Waals surface area contributed by atoms with Crippen molar-refractivity contribution in [1.29, 1.82) is 0 Å². The van der Waals surface area contributed by atoms with Crippen LogP contribution in [0.2, 0.25) is 0 Å². The largest absolute Gasteiger partial charge is 0.384 e. The SMILES string of the molecule is CCc1nnc(C)cc1C(=O)Nc1ncc(C#CCO)s1. The first-order valence-corrected chi connectivity index (χ1v) is 7.15. The molecule has 6 nitrogen and oxygen atoms in total. The number of aromatic nitrogens is 3. The molecule has 2 heterocycles. The van der Waals surface area contributed by atoms with Crippen molar-refractivity contribution in [3.63, 3.8) is 0 Å². The second-order valence-electron chi connectivity index (χ2n) is 4.14. The van der Waals surface area contributed by atoms with Gasteiger partial charge in [-0.3, -0.25) is 10.1 Å². The van der Waals surface area contributed by atoms with Crippen LogP contribution in [-0.4, -0.2) is 32.8 Å². The van der Waals surface area contributed by atoms with E-state index in [1.54, 1.807) is 19.2 Å². The number of aliphatic hydroxyl groups is 1. The first-order chi connectivity index (χ1) is 10.1. The van der Waals surface area contributed by atoms with Crippen molar-refractivity contribution in [3.8, 4) is 11.8 Å². The molecular weight excluding hydrogens is 288 g/mol. The van der Waals surface area contributed by atoms with E-state index in [4.69, 9.17) is 5.11 Å². The van der Waals surface area contributed by atoms with Crippen LogP contribution in [0.25, 0.3) is 0 Å². The fraction of sp³-hybridized carbons (Fsp3) is 0.286. The standard InChI is InChI=1S/C14H14N4O2S/c1-3-12-11(7-9(2)17-18-12)13(20)16-14-15-8-10(21-14)5-4-6-19/h7-8,19H,3,6H2,1-2H3,(H,15,16,20). The monoisotopic (exact) mass is 302 g/mol. The molecule has 7 heteroatoms. The van der Waals surface area contributed by atoms with Crippen molar-refractivity contribution in [2.75, 3.05) is 11.9 Å². The molecule has 2 rings (SSSR count). The van der Waals surface area contributed by atoms with Crippen LogP contribution in [0.4, 0.5) is 5.13 Å². The van der Waals surface area contributed by atoms with Crippen LogP contribution >= 0.6 is 11.3 Å². The molecule has 2 N–H and O–H groups in total. The molecule has 0 spiro atoms. The molecule has 0 unspecified atom stereocenters. The quantitative estimate of drug-likeness (QED) is 0.837. The molecule has 0 bridgehead atoms. The molecule has 2 aromatic heterocycles. The summed E-state index contributed by atoms with van der Waals surface area (Å²) in [7, 11) is 0. The number of hydrogen-bond acceptors (Lipinski definition) is 6. The summed E-state index contributed by atoms with van der Waals surface area (Å²) in [6, 6.07) is 1.71. The predicted octanol–water partition coefficient (Wildman–Crippen LogP) is 1.40. The number of hydrogen-bond donors (Lipinski definition) is 2. The molecule has 0 saturated carbocycles. The van der Waals surface area contributed by atoms with Gasteiger partial charge in [-0.2, -0.15) is 10.2 Å². The highest BCUT2D eigenvalue weighted by Crippen LogP contribution is 2.18. The van der Waals surface area contributed by atoms with Gasteiger partial charge in [0.25, 0.3) is 5.91 Å². The summed E-state index contributed by atoms with van der Waals surface area (Å²) in [5.74, 6) is 5.01. The Bertz CT molecular complexity index is 715. The van der Waals surface area contributed by atoms with Crippen LogP contribution in [0, 0.1) is 18.8 Å². The summed E-state index contributed by atoms with van der Waals surface area (Å²) in [6.07, 6.45) is 2.18. The Morgan fingerprint density at radius 1 is 1.48 bits per heavy atom. The lowest BCUT2D eigenvalue weighted by molar-refractivity contribution is 0.102. The smallest absolute Gasteiger partial charge is 0.259 e. The number of aryl methyl sites for hydroxylation is 2. The fourth-order valence-electron chi connectivity index (χ4n) is 1.65. The van der Waals surface area contributed by atoms with Crippen molar-refractivity contribution in [1.82, 2.24) is 15.2 Å². The first kappa shape index (κ1) is 15.1. The molecule has 0 saturated heterocycles. The van der Waals surface area contributed by atoms with Crippen molar-refractivity contribution in [2.24, 2.45) is 0 Å². The molecule has 0 aliphatic heterocycles. The second-order valence-corrected chi connectivity index (χ2v) is 5.17. The van der Waals surface area contributed by atoms with Gasteiger partial charge in [0.05, 0.1) is 28.0 Å². The Hall–Kier alpha value is -2.30. The van der Waals surface area contributed by atoms with Gasteiger partial charge < -0.3 is 5.11 Å². The minimum atomic E-state index is -0.263. The van der Waals surface area contributed by atoms with Crippen molar-refractivity contribution in [2.45, 2.75) is 20.3 Å². The van der Waals surface area contributed by atoms with Crippen molar-refractivity contribution >= 4 is 22.4 Å². The third kappa shape index (κ3) is 3.84. The summed E-state index contributed by atoms with van der Waals surface area (Å²) < 4.78 is 0. The van der Waals surface area contributed by atoms with E-state index in [0.29, 0.717) is 33.4 Å². The van der Waals surface area contributed by atoms with Crippen LogP contribution in [0.1, 0.15) is 33.5 Å². The molecule has 0 radical (unpaired) electrons. The molecule has 0 aromatic carbocycles. The lowest BCUT2D eigenvalue weighted by Crippen LogP contribution is -2.16. The Morgan fingerprint density at radius 2 is 2.29 bits per heavy atom. The molecule has 108 valence electrons. The van der Waals surface area contributed by atoms with Gasteiger partial charge in [0.1, 0.15) is 6.61 Å². The van der Waals surface area contributed by atoms with E-state index in [1.165, 1.54) is 11.3 Å². The first-order valence-electron chi connectivity index (χ1n) is 6.34. The van der Waals surface area contributed by atoms with E-state index in [9.17, 15) is 4.79 Å². The Balaban J connectivity index is 2.18. The third-order valence-electron chi connectivity index (χ3n) is 2.59. The maximum atomic E-state index is 12.3. The zero-order valence-electron chi connectivity index (χ0n) is 11.7. The van der Waals surface area contributed by atoms with Gasteiger partial charge in [-0.15, -0.1) is 0 Å². The topological polar surface area (TPSA) is 88.0 Å². The van der Waals surface area contributed by atoms with Crippen LogP contribution in [0.3, 0.4) is 0 Å². The molecule has 0 aliphatic rings. The van der Waals surface area contributed by atoms with Crippen LogP contribution in [-0.2, 0) is 6.42 Å². The number of anilines is 1. The number of carbonyl (C=O) groups excluding carboxylic acids is 1. The highest BCUT2D eigenvalue weighted by molar-refractivity contribution is 7.16. The fourth-order valence-corrected chi connectivity index (χ4v) is 2.34. The summed E-state index contributed by atoms with van der Waals surface area (Å²) in [4.78, 5) is 17.0. The van der Waals surface area contributed by atoms with Gasteiger partial charge in [0.2, 0.25) is 0 Å². The van der Waals surface area contributed by atoms with Gasteiger partial charge >= 0.3 is 0 Å². The number of thiazole rings is 1. The van der Waals surface area contributed by atoms with E-state index in [0.717, 1.165) is 0 Å². The zero-order chi connectivity index (χ0) is 15.2. The van der Waals surface area contributed by atoms with Crippen LogP contribution < -0.4 is 5.32 Å². The molecule has 21 heavy (non-hydrogen) atoms. The van der Waals surface area contributed by atoms with Gasteiger partial charge in [-0.05, 0) is 19.4 Å². The van der Waals surface area contributed by atoms with Crippen LogP contribution in [0.15, 0.2) is 12.3 Å². The van der Waals surface area contributed by atoms with Crippen molar-refractivity contribution < 1.29 is 9.90 Å². The summed E-state index contributed by atoms with van der Waals surface area (Å²) in [6.45, 7) is 3.50. The maximum absolute atomic E-state index is 12.3. The normalized spacial score (nSPS) is 9.86. The second kappa shape index (κ2) is 6.92. The van der Waals surface area contributed by atoms with Crippen molar-refractivity contribution in [3.05, 3.63) is 34.1 Å². The Morgan fingerprint density at radius 3 is 3.00 bits per heavy atom. The Labute approximate surface area is 126 Å². The van der Waals surface area contributed by atoms with E-state index in [1.807, 2.05) is 6.92 Å². The average molecular weight is 302 g/mol. The number of nitrogens with zero attached hydrogens (tertiary/aromatic N) is 3. The molecule has 0 fully saturated rings. The average Bonchev–Trinajstić information content (AvgIpc) is 2.92. The van der Waals surface area contributed by atoms with Gasteiger partial charge in [0, 0.05) is 0 Å². The summed E-state index contributed by atoms with van der Waals surface area (Å²) in [5, 5.41) is 19.8. The van der Waals surface area contributed by atoms with E-state index >= 15 is 0 Å². The van der Waals surface area contributed by atoms with Gasteiger partial charge in [-0.25, -0.2) is 4.98 Å². The van der Waals surface area contributed by atoms with E-state index in [2.05, 4.69) is 32.3 Å². The summed E-state index contributed by atoms with van der Waals surface area (Å²) >= 11 is 1.25.